The topological polar surface area (TPSA) is 97.8 Å². The van der Waals surface area contributed by atoms with Crippen LogP contribution in [0.4, 0.5) is 0 Å². The number of aromatic nitrogens is 2. The molecule has 2 aromatic heterocycles. The third kappa shape index (κ3) is 8.67. The first-order valence-corrected chi connectivity index (χ1v) is 18.4. The molecule has 2 aromatic carbocycles. The van der Waals surface area contributed by atoms with Crippen LogP contribution in [0.5, 0.6) is 11.6 Å². The molecule has 0 spiro atoms. The second-order valence-corrected chi connectivity index (χ2v) is 14.1. The van der Waals surface area contributed by atoms with Gasteiger partial charge >= 0.3 is 0 Å². The van der Waals surface area contributed by atoms with E-state index in [9.17, 15) is 4.79 Å². The molecule has 2 fully saturated rings. The highest BCUT2D eigenvalue weighted by Gasteiger charge is 2.23. The number of carbonyl (C=O) groups excluding carboxylic acids is 1. The number of nitrogens with zero attached hydrogens (tertiary/aromatic N) is 3. The van der Waals surface area contributed by atoms with Gasteiger partial charge in [0.15, 0.2) is 0 Å². The van der Waals surface area contributed by atoms with E-state index in [1.165, 1.54) is 0 Å². The van der Waals surface area contributed by atoms with E-state index in [1.807, 2.05) is 53.4 Å². The number of amides is 1. The molecule has 1 saturated heterocycles. The molecule has 1 saturated carbocycles. The fourth-order valence-electron chi connectivity index (χ4n) is 7.17. The van der Waals surface area contributed by atoms with E-state index in [0.29, 0.717) is 58.6 Å². The summed E-state index contributed by atoms with van der Waals surface area (Å²) in [6.45, 7) is 4.52. The zero-order valence-electron chi connectivity index (χ0n) is 29.8. The highest BCUT2D eigenvalue weighted by molar-refractivity contribution is 6.39. The van der Waals surface area contributed by atoms with Crippen LogP contribution in [0, 0.1) is 0 Å². The zero-order valence-corrected chi connectivity index (χ0v) is 31.3. The van der Waals surface area contributed by atoms with Crippen molar-refractivity contribution in [1.29, 1.82) is 0 Å². The second-order valence-electron chi connectivity index (χ2n) is 13.3. The van der Waals surface area contributed by atoms with Crippen molar-refractivity contribution in [1.82, 2.24) is 25.5 Å². The Hall–Kier alpha value is -3.73. The number of pyridine rings is 2. The number of nitrogens with one attached hydrogen (secondary N) is 2. The lowest BCUT2D eigenvalue weighted by Gasteiger charge is -2.32. The molecule has 11 heteroatoms. The standard InChI is InChI=1S/C40H47Cl2N5O4/c1-25(48)47-20-17-30(18-21-47)44-23-27-9-8-26(22-36(27)50-3)39-38(42)33(16-19-43-39)32-6-5-7-34(37(32)41)35-15-10-28(40(46-35)51-4)24-45-29-11-13-31(49-2)14-12-29/h5-10,15-16,19,22,29-31,44-45H,11-14,17-18,20-21,23-24H2,1-4H3. The number of piperidine rings is 1. The van der Waals surface area contributed by atoms with E-state index in [-0.39, 0.29) is 5.91 Å². The number of benzene rings is 2. The van der Waals surface area contributed by atoms with Crippen LogP contribution in [0.1, 0.15) is 56.6 Å². The number of rotatable bonds is 12. The predicted octanol–water partition coefficient (Wildman–Crippen LogP) is 7.95. The van der Waals surface area contributed by atoms with E-state index in [2.05, 4.69) is 21.7 Å². The van der Waals surface area contributed by atoms with Crippen molar-refractivity contribution < 1.29 is 19.0 Å². The molecule has 1 aliphatic heterocycles. The average molecular weight is 733 g/mol. The third-order valence-corrected chi connectivity index (χ3v) is 11.0. The van der Waals surface area contributed by atoms with Gasteiger partial charge in [0.25, 0.3) is 0 Å². The Morgan fingerprint density at radius 2 is 1.47 bits per heavy atom. The van der Waals surface area contributed by atoms with E-state index in [1.54, 1.807) is 34.4 Å². The van der Waals surface area contributed by atoms with E-state index in [0.717, 1.165) is 90.7 Å². The maximum absolute atomic E-state index is 11.7. The predicted molar refractivity (Wildman–Crippen MR) is 203 cm³/mol. The largest absolute Gasteiger partial charge is 0.496 e. The molecular formula is C40H47Cl2N5O4. The van der Waals surface area contributed by atoms with Crippen LogP contribution in [0.3, 0.4) is 0 Å². The van der Waals surface area contributed by atoms with E-state index < -0.39 is 0 Å². The molecule has 3 heterocycles. The average Bonchev–Trinajstić information content (AvgIpc) is 3.17. The molecule has 51 heavy (non-hydrogen) atoms. The summed E-state index contributed by atoms with van der Waals surface area (Å²) in [7, 11) is 5.11. The Morgan fingerprint density at radius 3 is 2.16 bits per heavy atom. The van der Waals surface area contributed by atoms with Crippen LogP contribution in [0.25, 0.3) is 33.6 Å². The van der Waals surface area contributed by atoms with Crippen molar-refractivity contribution in [3.05, 3.63) is 82.0 Å². The number of methoxy groups -OCH3 is 3. The number of carbonyl (C=O) groups is 1. The van der Waals surface area contributed by atoms with Crippen molar-refractivity contribution in [3.63, 3.8) is 0 Å². The van der Waals surface area contributed by atoms with Gasteiger partial charge in [-0.2, -0.15) is 0 Å². The Kier molecular flexibility index (Phi) is 12.5. The molecule has 2 N–H and O–H groups in total. The second kappa shape index (κ2) is 17.2. The summed E-state index contributed by atoms with van der Waals surface area (Å²) in [6, 6.07) is 18.6. The number of hydrogen-bond acceptors (Lipinski definition) is 8. The van der Waals surface area contributed by atoms with Crippen molar-refractivity contribution in [3.8, 4) is 45.3 Å². The van der Waals surface area contributed by atoms with Crippen LogP contribution in [0.15, 0.2) is 60.8 Å². The first-order valence-electron chi connectivity index (χ1n) is 17.7. The monoisotopic (exact) mass is 731 g/mol. The summed E-state index contributed by atoms with van der Waals surface area (Å²) < 4.78 is 17.1. The van der Waals surface area contributed by atoms with Crippen LogP contribution in [-0.4, -0.2) is 73.4 Å². The number of likely N-dealkylation sites (tertiary alicyclic amines) is 1. The number of hydrogen-bond donors (Lipinski definition) is 2. The van der Waals surface area contributed by atoms with Crippen molar-refractivity contribution in [2.24, 2.45) is 0 Å². The summed E-state index contributed by atoms with van der Waals surface area (Å²) in [6.07, 6.45) is 8.31. The summed E-state index contributed by atoms with van der Waals surface area (Å²) in [5.41, 5.74) is 6.56. The maximum atomic E-state index is 11.7. The van der Waals surface area contributed by atoms with Crippen LogP contribution in [0.2, 0.25) is 10.0 Å². The molecule has 2 aliphatic rings. The minimum Gasteiger partial charge on any atom is -0.496 e. The van der Waals surface area contributed by atoms with Crippen LogP contribution in [-0.2, 0) is 22.6 Å². The SMILES string of the molecule is COc1cc(-c2nccc(-c3cccc(-c4ccc(CNC5CCC(OC)CC5)c(OC)n4)c3Cl)c2Cl)ccc1CNC1CCN(C(C)=O)CC1. The minimum atomic E-state index is 0.139. The van der Waals surface area contributed by atoms with Crippen molar-refractivity contribution >= 4 is 29.1 Å². The lowest BCUT2D eigenvalue weighted by atomic mass is 9.93. The van der Waals surface area contributed by atoms with E-state index >= 15 is 0 Å². The van der Waals surface area contributed by atoms with Crippen molar-refractivity contribution in [2.75, 3.05) is 34.4 Å². The minimum absolute atomic E-state index is 0.139. The molecule has 6 rings (SSSR count). The quantitative estimate of drug-likeness (QED) is 0.152. The highest BCUT2D eigenvalue weighted by atomic mass is 35.5. The highest BCUT2D eigenvalue weighted by Crippen LogP contribution is 2.42. The molecule has 1 aliphatic carbocycles. The van der Waals surface area contributed by atoms with Gasteiger partial charge in [0.2, 0.25) is 11.8 Å². The summed E-state index contributed by atoms with van der Waals surface area (Å²) in [5, 5.41) is 8.35. The molecule has 9 nitrogen and oxygen atoms in total. The molecule has 0 unspecified atom stereocenters. The zero-order chi connectivity index (χ0) is 35.9. The number of ether oxygens (including phenoxy) is 3. The Bertz CT molecular complexity index is 1820. The summed E-state index contributed by atoms with van der Waals surface area (Å²) in [4.78, 5) is 23.1. The fourth-order valence-corrected chi connectivity index (χ4v) is 7.82. The molecule has 4 aromatic rings. The van der Waals surface area contributed by atoms with Gasteiger partial charge in [-0.3, -0.25) is 9.78 Å². The van der Waals surface area contributed by atoms with Gasteiger partial charge in [-0.05, 0) is 56.7 Å². The Morgan fingerprint density at radius 1 is 0.804 bits per heavy atom. The van der Waals surface area contributed by atoms with Gasteiger partial charge in [-0.15, -0.1) is 0 Å². The molecule has 0 bridgehead atoms. The Labute approximate surface area is 311 Å². The smallest absolute Gasteiger partial charge is 0.219 e. The molecule has 1 amide bonds. The van der Waals surface area contributed by atoms with Gasteiger partial charge in [-0.1, -0.05) is 59.6 Å². The van der Waals surface area contributed by atoms with Gasteiger partial charge in [-0.25, -0.2) is 4.98 Å². The van der Waals surface area contributed by atoms with Gasteiger partial charge in [0.1, 0.15) is 5.75 Å². The first kappa shape index (κ1) is 37.0. The number of halogens is 2. The van der Waals surface area contributed by atoms with Crippen LogP contribution < -0.4 is 20.1 Å². The molecule has 0 radical (unpaired) electrons. The lowest BCUT2D eigenvalue weighted by molar-refractivity contribution is -0.129. The van der Waals surface area contributed by atoms with Gasteiger partial charge in [0, 0.05) is 91.9 Å². The molecular weight excluding hydrogens is 685 g/mol. The summed E-state index contributed by atoms with van der Waals surface area (Å²) >= 11 is 14.2. The third-order valence-electron chi connectivity index (χ3n) is 10.3. The summed E-state index contributed by atoms with van der Waals surface area (Å²) in [5.74, 6) is 1.46. The molecule has 0 atom stereocenters. The van der Waals surface area contributed by atoms with Crippen molar-refractivity contribution in [2.45, 2.75) is 76.7 Å². The normalized spacial score (nSPS) is 18.1. The van der Waals surface area contributed by atoms with E-state index in [4.69, 9.17) is 42.4 Å². The molecule has 270 valence electrons. The fraction of sp³-hybridized carbons (Fsp3) is 0.425. The van der Waals surface area contributed by atoms with Crippen LogP contribution >= 0.6 is 23.2 Å². The lowest BCUT2D eigenvalue weighted by Crippen LogP contribution is -2.43. The Balaban J connectivity index is 1.18. The van der Waals surface area contributed by atoms with Gasteiger partial charge < -0.3 is 29.7 Å². The first-order chi connectivity index (χ1) is 24.8. The van der Waals surface area contributed by atoms with Gasteiger partial charge in [0.05, 0.1) is 41.8 Å². The maximum Gasteiger partial charge on any atom is 0.219 e.